The van der Waals surface area contributed by atoms with Crippen molar-refractivity contribution in [2.75, 3.05) is 13.1 Å². The number of benzene rings is 1. The Morgan fingerprint density at radius 3 is 2.79 bits per heavy atom. The Hall–Kier alpha value is -2.99. The van der Waals surface area contributed by atoms with Gasteiger partial charge in [-0.3, -0.25) is 9.88 Å². The highest BCUT2D eigenvalue weighted by molar-refractivity contribution is 5.79. The molecule has 0 saturated carbocycles. The van der Waals surface area contributed by atoms with Crippen molar-refractivity contribution in [2.24, 2.45) is 7.05 Å². The van der Waals surface area contributed by atoms with E-state index in [9.17, 15) is 0 Å². The molecule has 6 nitrogen and oxygen atoms in total. The monoisotopic (exact) mass is 372 g/mol. The highest BCUT2D eigenvalue weighted by Crippen LogP contribution is 2.28. The lowest BCUT2D eigenvalue weighted by Crippen LogP contribution is -2.32. The van der Waals surface area contributed by atoms with Crippen LogP contribution in [0.3, 0.4) is 0 Å². The normalized spacial score (nSPS) is 16.0. The van der Waals surface area contributed by atoms with Crippen molar-refractivity contribution in [2.45, 2.75) is 25.3 Å². The number of aromatic amines is 1. The van der Waals surface area contributed by atoms with Gasteiger partial charge in [-0.1, -0.05) is 12.1 Å². The first-order valence-electron chi connectivity index (χ1n) is 9.83. The molecular formula is C22H24N6. The van der Waals surface area contributed by atoms with E-state index in [2.05, 4.69) is 44.1 Å². The molecule has 1 aliphatic heterocycles. The van der Waals surface area contributed by atoms with Crippen LogP contribution in [0.15, 0.2) is 55.4 Å². The van der Waals surface area contributed by atoms with Crippen molar-refractivity contribution in [1.29, 1.82) is 0 Å². The summed E-state index contributed by atoms with van der Waals surface area (Å²) >= 11 is 0. The maximum absolute atomic E-state index is 4.89. The van der Waals surface area contributed by atoms with E-state index in [4.69, 9.17) is 4.98 Å². The molecule has 0 atom stereocenters. The molecule has 1 fully saturated rings. The lowest BCUT2D eigenvalue weighted by Gasteiger charge is -2.31. The molecule has 1 saturated heterocycles. The summed E-state index contributed by atoms with van der Waals surface area (Å²) in [6.07, 6.45) is 11.6. The molecule has 1 aromatic carbocycles. The number of rotatable bonds is 4. The van der Waals surface area contributed by atoms with Crippen LogP contribution in [0.4, 0.5) is 0 Å². The summed E-state index contributed by atoms with van der Waals surface area (Å²) in [6.45, 7) is 3.18. The Bertz CT molecular complexity index is 1090. The van der Waals surface area contributed by atoms with E-state index >= 15 is 0 Å². The zero-order valence-electron chi connectivity index (χ0n) is 16.0. The Kier molecular flexibility index (Phi) is 4.41. The highest BCUT2D eigenvalue weighted by Gasteiger charge is 2.22. The molecule has 6 heteroatoms. The van der Waals surface area contributed by atoms with Crippen LogP contribution >= 0.6 is 0 Å². The molecule has 3 aromatic heterocycles. The van der Waals surface area contributed by atoms with Crippen molar-refractivity contribution >= 4 is 10.9 Å². The van der Waals surface area contributed by atoms with Gasteiger partial charge >= 0.3 is 0 Å². The van der Waals surface area contributed by atoms with Gasteiger partial charge in [0.1, 0.15) is 5.69 Å². The summed E-state index contributed by atoms with van der Waals surface area (Å²) in [5, 5.41) is 1.27. The van der Waals surface area contributed by atoms with Crippen LogP contribution < -0.4 is 0 Å². The van der Waals surface area contributed by atoms with Crippen LogP contribution in [0.2, 0.25) is 0 Å². The number of nitrogens with zero attached hydrogens (tertiary/aromatic N) is 5. The first kappa shape index (κ1) is 17.1. The SMILES string of the molecule is Cn1cncc1-c1cncc(C2CCN(Cc3ccc4cc[nH]c4c3)CC2)n1. The third-order valence-electron chi connectivity index (χ3n) is 5.76. The number of piperidine rings is 1. The average Bonchev–Trinajstić information content (AvgIpc) is 3.37. The molecule has 0 spiro atoms. The van der Waals surface area contributed by atoms with Crippen molar-refractivity contribution in [3.05, 3.63) is 66.6 Å². The van der Waals surface area contributed by atoms with Crippen LogP contribution in [-0.2, 0) is 13.6 Å². The third kappa shape index (κ3) is 3.31. The predicted molar refractivity (Wildman–Crippen MR) is 110 cm³/mol. The molecule has 5 rings (SSSR count). The fourth-order valence-electron chi connectivity index (χ4n) is 4.14. The van der Waals surface area contributed by atoms with Gasteiger partial charge in [0.2, 0.25) is 0 Å². The van der Waals surface area contributed by atoms with Gasteiger partial charge in [-0.25, -0.2) is 9.97 Å². The van der Waals surface area contributed by atoms with Gasteiger partial charge < -0.3 is 9.55 Å². The number of imidazole rings is 1. The van der Waals surface area contributed by atoms with E-state index in [-0.39, 0.29) is 0 Å². The Morgan fingerprint density at radius 2 is 1.96 bits per heavy atom. The molecule has 0 bridgehead atoms. The van der Waals surface area contributed by atoms with E-state index in [1.807, 2.05) is 36.4 Å². The number of aryl methyl sites for hydroxylation is 1. The minimum atomic E-state index is 0.475. The number of H-pyrrole nitrogens is 1. The molecule has 0 unspecified atom stereocenters. The largest absolute Gasteiger partial charge is 0.361 e. The summed E-state index contributed by atoms with van der Waals surface area (Å²) in [5.74, 6) is 0.475. The Labute approximate surface area is 164 Å². The molecular weight excluding hydrogens is 348 g/mol. The number of aromatic nitrogens is 5. The maximum Gasteiger partial charge on any atom is 0.107 e. The van der Waals surface area contributed by atoms with Crippen LogP contribution in [0, 0.1) is 0 Å². The van der Waals surface area contributed by atoms with Crippen molar-refractivity contribution in [1.82, 2.24) is 29.4 Å². The highest BCUT2D eigenvalue weighted by atomic mass is 15.1. The zero-order chi connectivity index (χ0) is 18.9. The van der Waals surface area contributed by atoms with Gasteiger partial charge in [-0.05, 0) is 49.0 Å². The lowest BCUT2D eigenvalue weighted by atomic mass is 9.93. The van der Waals surface area contributed by atoms with Gasteiger partial charge in [-0.2, -0.15) is 0 Å². The molecule has 4 heterocycles. The number of hydrogen-bond donors (Lipinski definition) is 1. The van der Waals surface area contributed by atoms with Crippen molar-refractivity contribution in [3.63, 3.8) is 0 Å². The quantitative estimate of drug-likeness (QED) is 0.593. The predicted octanol–water partition coefficient (Wildman–Crippen LogP) is 3.74. The average molecular weight is 372 g/mol. The molecule has 142 valence electrons. The standard InChI is InChI=1S/C22H24N6/c1-27-15-24-13-22(27)21-12-23-11-20(26-21)18-5-8-28(9-6-18)14-16-2-3-17-4-7-25-19(17)10-16/h2-4,7,10-13,15,18,25H,5-6,8-9,14H2,1H3. The summed E-state index contributed by atoms with van der Waals surface area (Å²) in [6, 6.07) is 8.83. The Morgan fingerprint density at radius 1 is 1.07 bits per heavy atom. The molecule has 0 amide bonds. The number of fused-ring (bicyclic) bond motifs is 1. The Balaban J connectivity index is 1.25. The smallest absolute Gasteiger partial charge is 0.107 e. The third-order valence-corrected chi connectivity index (χ3v) is 5.76. The van der Waals surface area contributed by atoms with Crippen molar-refractivity contribution < 1.29 is 0 Å². The van der Waals surface area contributed by atoms with Gasteiger partial charge in [-0.15, -0.1) is 0 Å². The zero-order valence-corrected chi connectivity index (χ0v) is 16.0. The molecule has 0 radical (unpaired) electrons. The molecule has 1 aliphatic rings. The molecule has 0 aliphatic carbocycles. The second kappa shape index (κ2) is 7.20. The molecule has 4 aromatic rings. The van der Waals surface area contributed by atoms with Crippen LogP contribution in [0.25, 0.3) is 22.3 Å². The van der Waals surface area contributed by atoms with E-state index in [0.29, 0.717) is 5.92 Å². The topological polar surface area (TPSA) is 62.6 Å². The fourth-order valence-corrected chi connectivity index (χ4v) is 4.14. The second-order valence-corrected chi connectivity index (χ2v) is 7.67. The molecule has 1 N–H and O–H groups in total. The van der Waals surface area contributed by atoms with Crippen LogP contribution in [0.1, 0.15) is 30.0 Å². The lowest BCUT2D eigenvalue weighted by molar-refractivity contribution is 0.203. The first-order valence-corrected chi connectivity index (χ1v) is 9.83. The van der Waals surface area contributed by atoms with E-state index in [1.165, 1.54) is 16.5 Å². The second-order valence-electron chi connectivity index (χ2n) is 7.67. The van der Waals surface area contributed by atoms with E-state index in [0.717, 1.165) is 49.6 Å². The van der Waals surface area contributed by atoms with Gasteiger partial charge in [0, 0.05) is 37.4 Å². The van der Waals surface area contributed by atoms with Crippen molar-refractivity contribution in [3.8, 4) is 11.4 Å². The fraction of sp³-hybridized carbons (Fsp3) is 0.318. The number of hydrogen-bond acceptors (Lipinski definition) is 4. The van der Waals surface area contributed by atoms with E-state index in [1.54, 1.807) is 6.33 Å². The van der Waals surface area contributed by atoms with Gasteiger partial charge in [0.15, 0.2) is 0 Å². The first-order chi connectivity index (χ1) is 13.8. The van der Waals surface area contributed by atoms with Crippen LogP contribution in [-0.4, -0.2) is 42.5 Å². The summed E-state index contributed by atoms with van der Waals surface area (Å²) in [7, 11) is 1.99. The minimum absolute atomic E-state index is 0.475. The van der Waals surface area contributed by atoms with Crippen LogP contribution in [0.5, 0.6) is 0 Å². The minimum Gasteiger partial charge on any atom is -0.361 e. The number of likely N-dealkylation sites (tertiary alicyclic amines) is 1. The number of nitrogens with one attached hydrogen (secondary N) is 1. The van der Waals surface area contributed by atoms with Gasteiger partial charge in [0.25, 0.3) is 0 Å². The summed E-state index contributed by atoms with van der Waals surface area (Å²) in [4.78, 5) is 19.4. The summed E-state index contributed by atoms with van der Waals surface area (Å²) < 4.78 is 1.98. The van der Waals surface area contributed by atoms with Gasteiger partial charge in [0.05, 0.1) is 30.1 Å². The summed E-state index contributed by atoms with van der Waals surface area (Å²) in [5.41, 5.74) is 5.60. The maximum atomic E-state index is 4.89. The molecule has 28 heavy (non-hydrogen) atoms. The van der Waals surface area contributed by atoms with E-state index < -0.39 is 0 Å².